The van der Waals surface area contributed by atoms with E-state index < -0.39 is 17.5 Å². The molecule has 9 heteroatoms. The molecule has 2 aromatic rings. The van der Waals surface area contributed by atoms with E-state index in [4.69, 9.17) is 4.74 Å². The van der Waals surface area contributed by atoms with Gasteiger partial charge in [-0.05, 0) is 65.0 Å². The number of rotatable bonds is 4. The van der Waals surface area contributed by atoms with E-state index in [0.29, 0.717) is 5.52 Å². The van der Waals surface area contributed by atoms with E-state index in [1.54, 1.807) is 4.57 Å². The van der Waals surface area contributed by atoms with Gasteiger partial charge in [0.25, 0.3) is 0 Å². The van der Waals surface area contributed by atoms with Crippen molar-refractivity contribution in [2.75, 3.05) is 5.32 Å². The van der Waals surface area contributed by atoms with Crippen LogP contribution >= 0.6 is 0 Å². The molecule has 2 aromatic heterocycles. The zero-order valence-corrected chi connectivity index (χ0v) is 16.8. The molecule has 1 aliphatic carbocycles. The maximum absolute atomic E-state index is 13.1. The van der Waals surface area contributed by atoms with Crippen LogP contribution < -0.4 is 5.32 Å². The standard InChI is InChI=1S/C20H25F3N4O2/c1-18(2)9-10-19(3,29-18)11-15(28)26-17-24-13-7-8-14(20(21,22)23)25-16(13)27(17)12-5-4-6-12/h7-8,12H,4-6,9-11H2,1-3H3,(H,24,26,28). The number of hydrogen-bond donors (Lipinski definition) is 1. The number of hydrogen-bond acceptors (Lipinski definition) is 4. The Morgan fingerprint density at radius 2 is 1.97 bits per heavy atom. The Kier molecular flexibility index (Phi) is 4.64. The predicted molar refractivity (Wildman–Crippen MR) is 101 cm³/mol. The molecule has 6 nitrogen and oxygen atoms in total. The number of amides is 1. The quantitative estimate of drug-likeness (QED) is 0.782. The topological polar surface area (TPSA) is 69.0 Å². The summed E-state index contributed by atoms with van der Waals surface area (Å²) in [5, 5.41) is 2.80. The molecule has 0 bridgehead atoms. The van der Waals surface area contributed by atoms with Crippen molar-refractivity contribution in [1.29, 1.82) is 0 Å². The average Bonchev–Trinajstić information content (AvgIpc) is 3.01. The normalized spacial score (nSPS) is 24.6. The number of ether oxygens (including phenoxy) is 1. The lowest BCUT2D eigenvalue weighted by molar-refractivity contribution is -0.141. The largest absolute Gasteiger partial charge is 0.433 e. The van der Waals surface area contributed by atoms with Gasteiger partial charge in [0, 0.05) is 6.04 Å². The van der Waals surface area contributed by atoms with Crippen molar-refractivity contribution < 1.29 is 22.7 Å². The molecule has 1 unspecified atom stereocenters. The first-order chi connectivity index (χ1) is 13.5. The highest BCUT2D eigenvalue weighted by Crippen LogP contribution is 2.40. The summed E-state index contributed by atoms with van der Waals surface area (Å²) in [6, 6.07) is 2.21. The number of nitrogens with one attached hydrogen (secondary N) is 1. The summed E-state index contributed by atoms with van der Waals surface area (Å²) in [4.78, 5) is 20.9. The minimum atomic E-state index is -4.53. The Morgan fingerprint density at radius 3 is 2.52 bits per heavy atom. The highest BCUT2D eigenvalue weighted by Gasteiger charge is 2.42. The summed E-state index contributed by atoms with van der Waals surface area (Å²) < 4.78 is 47.0. The number of fused-ring (bicyclic) bond motifs is 1. The van der Waals surface area contributed by atoms with Crippen LogP contribution in [0.4, 0.5) is 19.1 Å². The lowest BCUT2D eigenvalue weighted by Gasteiger charge is -2.29. The number of nitrogens with zero attached hydrogens (tertiary/aromatic N) is 3. The first-order valence-electron chi connectivity index (χ1n) is 9.92. The second-order valence-electron chi connectivity index (χ2n) is 8.96. The first kappa shape index (κ1) is 20.1. The summed E-state index contributed by atoms with van der Waals surface area (Å²) in [7, 11) is 0. The van der Waals surface area contributed by atoms with Crippen molar-refractivity contribution >= 4 is 23.0 Å². The van der Waals surface area contributed by atoms with Crippen LogP contribution in [-0.2, 0) is 15.7 Å². The van der Waals surface area contributed by atoms with Crippen molar-refractivity contribution in [3.63, 3.8) is 0 Å². The van der Waals surface area contributed by atoms with Crippen LogP contribution in [0.1, 0.15) is 71.0 Å². The number of aromatic nitrogens is 3. The third-order valence-corrected chi connectivity index (χ3v) is 5.83. The van der Waals surface area contributed by atoms with E-state index in [0.717, 1.165) is 38.2 Å². The maximum Gasteiger partial charge on any atom is 0.433 e. The number of anilines is 1. The van der Waals surface area contributed by atoms with E-state index >= 15 is 0 Å². The first-order valence-corrected chi connectivity index (χ1v) is 9.92. The summed E-state index contributed by atoms with van der Waals surface area (Å²) in [5.74, 6) is -0.0143. The number of halogens is 3. The van der Waals surface area contributed by atoms with Gasteiger partial charge in [0.05, 0.1) is 17.6 Å². The Morgan fingerprint density at radius 1 is 1.24 bits per heavy atom. The monoisotopic (exact) mass is 410 g/mol. The van der Waals surface area contributed by atoms with E-state index in [2.05, 4.69) is 15.3 Å². The lowest BCUT2D eigenvalue weighted by atomic mass is 9.93. The third-order valence-electron chi connectivity index (χ3n) is 5.83. The summed E-state index contributed by atoms with van der Waals surface area (Å²) >= 11 is 0. The van der Waals surface area contributed by atoms with Crippen LogP contribution in [0.2, 0.25) is 0 Å². The lowest BCUT2D eigenvalue weighted by Crippen LogP contribution is -2.34. The highest BCUT2D eigenvalue weighted by molar-refractivity contribution is 5.91. The Hall–Kier alpha value is -2.16. The summed E-state index contributed by atoms with van der Waals surface area (Å²) in [5.41, 5.74) is -1.30. The number of carbonyl (C=O) groups excluding carboxylic acids is 1. The average molecular weight is 410 g/mol. The van der Waals surface area contributed by atoms with Crippen molar-refractivity contribution in [3.05, 3.63) is 17.8 Å². The van der Waals surface area contributed by atoms with E-state index in [1.807, 2.05) is 20.8 Å². The Bertz CT molecular complexity index is 949. The van der Waals surface area contributed by atoms with Crippen molar-refractivity contribution in [2.24, 2.45) is 0 Å². The molecule has 1 aliphatic heterocycles. The Labute approximate surface area is 166 Å². The molecule has 0 spiro atoms. The summed E-state index contributed by atoms with van der Waals surface area (Å²) in [6.07, 6.45) is -0.121. The second-order valence-corrected chi connectivity index (χ2v) is 8.96. The molecule has 1 saturated heterocycles. The molecule has 29 heavy (non-hydrogen) atoms. The second kappa shape index (κ2) is 6.68. The molecule has 158 valence electrons. The van der Waals surface area contributed by atoms with Gasteiger partial charge in [0.1, 0.15) is 11.2 Å². The van der Waals surface area contributed by atoms with Crippen LogP contribution in [0.25, 0.3) is 11.2 Å². The Balaban J connectivity index is 1.62. The van der Waals surface area contributed by atoms with Gasteiger partial charge in [0.2, 0.25) is 11.9 Å². The van der Waals surface area contributed by atoms with Gasteiger partial charge in [-0.1, -0.05) is 0 Å². The van der Waals surface area contributed by atoms with Gasteiger partial charge in [-0.2, -0.15) is 13.2 Å². The molecule has 0 aromatic carbocycles. The van der Waals surface area contributed by atoms with Crippen LogP contribution in [0.5, 0.6) is 0 Å². The van der Waals surface area contributed by atoms with Crippen molar-refractivity contribution in [2.45, 2.75) is 82.7 Å². The van der Waals surface area contributed by atoms with E-state index in [1.165, 1.54) is 6.07 Å². The number of pyridine rings is 1. The molecule has 2 fully saturated rings. The minimum Gasteiger partial charge on any atom is -0.369 e. The predicted octanol–water partition coefficient (Wildman–Crippen LogP) is 4.85. The zero-order valence-electron chi connectivity index (χ0n) is 16.8. The fourth-order valence-corrected chi connectivity index (χ4v) is 4.18. The van der Waals surface area contributed by atoms with Gasteiger partial charge in [-0.15, -0.1) is 0 Å². The smallest absolute Gasteiger partial charge is 0.369 e. The number of alkyl halides is 3. The highest BCUT2D eigenvalue weighted by atomic mass is 19.4. The molecular formula is C20H25F3N4O2. The molecule has 3 heterocycles. The molecule has 1 amide bonds. The van der Waals surface area contributed by atoms with Gasteiger partial charge >= 0.3 is 6.18 Å². The van der Waals surface area contributed by atoms with Crippen LogP contribution in [0.15, 0.2) is 12.1 Å². The van der Waals surface area contributed by atoms with Gasteiger partial charge in [-0.3, -0.25) is 14.7 Å². The van der Waals surface area contributed by atoms with Crippen LogP contribution in [-0.4, -0.2) is 31.6 Å². The van der Waals surface area contributed by atoms with E-state index in [-0.39, 0.29) is 35.6 Å². The summed E-state index contributed by atoms with van der Waals surface area (Å²) in [6.45, 7) is 5.90. The minimum absolute atomic E-state index is 0.0106. The molecule has 2 aliphatic rings. The van der Waals surface area contributed by atoms with E-state index in [9.17, 15) is 18.0 Å². The molecule has 0 radical (unpaired) electrons. The molecule has 1 atom stereocenters. The zero-order chi connectivity index (χ0) is 21.0. The van der Waals surface area contributed by atoms with Crippen molar-refractivity contribution in [3.8, 4) is 0 Å². The van der Waals surface area contributed by atoms with Gasteiger partial charge in [-0.25, -0.2) is 9.97 Å². The third kappa shape index (κ3) is 3.97. The molecular weight excluding hydrogens is 385 g/mol. The fraction of sp³-hybridized carbons (Fsp3) is 0.650. The van der Waals surface area contributed by atoms with Crippen molar-refractivity contribution in [1.82, 2.24) is 14.5 Å². The molecule has 1 saturated carbocycles. The van der Waals surface area contributed by atoms with Gasteiger partial charge in [0.15, 0.2) is 5.65 Å². The van der Waals surface area contributed by atoms with Crippen LogP contribution in [0, 0.1) is 0 Å². The van der Waals surface area contributed by atoms with Crippen LogP contribution in [0.3, 0.4) is 0 Å². The maximum atomic E-state index is 13.1. The molecule has 4 rings (SSSR count). The number of imidazole rings is 1. The fourth-order valence-electron chi connectivity index (χ4n) is 4.18. The van der Waals surface area contributed by atoms with Gasteiger partial charge < -0.3 is 4.74 Å². The number of carbonyl (C=O) groups is 1. The molecule has 1 N–H and O–H groups in total. The SMILES string of the molecule is CC1(C)CCC(C)(CC(=O)Nc2nc3ccc(C(F)(F)F)nc3n2C2CCC2)O1.